The van der Waals surface area contributed by atoms with E-state index in [0.29, 0.717) is 22.8 Å². The predicted molar refractivity (Wildman–Crippen MR) is 88.9 cm³/mol. The van der Waals surface area contributed by atoms with Gasteiger partial charge in [0.1, 0.15) is 17.7 Å². The van der Waals surface area contributed by atoms with Crippen LogP contribution in [0.2, 0.25) is 0 Å². The number of aliphatic hydroxyl groups is 1. The molecule has 2 heterocycles. The van der Waals surface area contributed by atoms with Crippen LogP contribution in [0.25, 0.3) is 16.9 Å². The molecule has 0 unspecified atom stereocenters. The van der Waals surface area contributed by atoms with Gasteiger partial charge in [0.25, 0.3) is 0 Å². The van der Waals surface area contributed by atoms with E-state index in [0.717, 1.165) is 31.7 Å². The first kappa shape index (κ1) is 15.8. The van der Waals surface area contributed by atoms with Gasteiger partial charge >= 0.3 is 0 Å². The monoisotopic (exact) mass is 343 g/mol. The summed E-state index contributed by atoms with van der Waals surface area (Å²) in [5, 5.41) is 23.7. The summed E-state index contributed by atoms with van der Waals surface area (Å²) >= 11 is 0. The summed E-state index contributed by atoms with van der Waals surface area (Å²) in [5.41, 5.74) is 1.65. The Morgan fingerprint density at radius 3 is 2.68 bits per heavy atom. The smallest absolute Gasteiger partial charge is 0.232 e. The summed E-state index contributed by atoms with van der Waals surface area (Å²) in [4.78, 5) is 4.26. The van der Waals surface area contributed by atoms with E-state index >= 15 is 0 Å². The van der Waals surface area contributed by atoms with Crippen molar-refractivity contribution in [2.45, 2.75) is 37.9 Å². The fourth-order valence-electron chi connectivity index (χ4n) is 3.17. The number of benzene rings is 1. The van der Waals surface area contributed by atoms with Crippen molar-refractivity contribution in [3.63, 3.8) is 0 Å². The standard InChI is InChI=1S/C18H18FN3O3/c19-12-7-11(8-14(24)9-12)16-10-20-17-5-6-18(21-22(16)17)25-15-3-1-13(23)2-4-15/h5-10,13,15,23-24H,1-4H2. The lowest BCUT2D eigenvalue weighted by Crippen LogP contribution is -2.26. The molecule has 0 radical (unpaired) electrons. The SMILES string of the molecule is Oc1cc(F)cc(-c2cnc3ccc(OC4CCC(O)CC4)nn23)c1. The molecular weight excluding hydrogens is 325 g/mol. The van der Waals surface area contributed by atoms with E-state index in [1.54, 1.807) is 22.8 Å². The molecule has 0 saturated heterocycles. The minimum atomic E-state index is -0.530. The number of ether oxygens (including phenoxy) is 1. The van der Waals surface area contributed by atoms with Crippen LogP contribution in [0, 0.1) is 5.82 Å². The first-order valence-corrected chi connectivity index (χ1v) is 8.28. The normalized spacial score (nSPS) is 20.7. The fraction of sp³-hybridized carbons (Fsp3) is 0.333. The van der Waals surface area contributed by atoms with E-state index in [1.165, 1.54) is 12.1 Å². The number of phenols is 1. The zero-order valence-corrected chi connectivity index (χ0v) is 13.5. The molecule has 4 rings (SSSR count). The number of rotatable bonds is 3. The summed E-state index contributed by atoms with van der Waals surface area (Å²) in [6.07, 6.45) is 4.40. The van der Waals surface area contributed by atoms with Crippen LogP contribution in [0.1, 0.15) is 25.7 Å². The van der Waals surface area contributed by atoms with E-state index in [1.807, 2.05) is 0 Å². The van der Waals surface area contributed by atoms with Crippen LogP contribution in [0.15, 0.2) is 36.5 Å². The van der Waals surface area contributed by atoms with Crippen molar-refractivity contribution >= 4 is 5.65 Å². The average molecular weight is 343 g/mol. The highest BCUT2D eigenvalue weighted by molar-refractivity contribution is 5.64. The average Bonchev–Trinajstić information content (AvgIpc) is 2.99. The van der Waals surface area contributed by atoms with Crippen molar-refractivity contribution in [2.24, 2.45) is 0 Å². The third-order valence-corrected chi connectivity index (χ3v) is 4.45. The highest BCUT2D eigenvalue weighted by Gasteiger charge is 2.21. The molecule has 2 N–H and O–H groups in total. The van der Waals surface area contributed by atoms with Gasteiger partial charge in [-0.15, -0.1) is 5.10 Å². The van der Waals surface area contributed by atoms with Gasteiger partial charge in [0.15, 0.2) is 5.65 Å². The van der Waals surface area contributed by atoms with Gasteiger partial charge in [-0.25, -0.2) is 13.9 Å². The van der Waals surface area contributed by atoms with Crippen LogP contribution in [0.3, 0.4) is 0 Å². The Morgan fingerprint density at radius 1 is 1.12 bits per heavy atom. The van der Waals surface area contributed by atoms with Gasteiger partial charge in [0, 0.05) is 17.7 Å². The Kier molecular flexibility index (Phi) is 4.01. The molecule has 1 fully saturated rings. The van der Waals surface area contributed by atoms with Gasteiger partial charge < -0.3 is 14.9 Å². The summed E-state index contributed by atoms with van der Waals surface area (Å²) in [7, 11) is 0. The Morgan fingerprint density at radius 2 is 1.92 bits per heavy atom. The van der Waals surface area contributed by atoms with Gasteiger partial charge in [-0.3, -0.25) is 0 Å². The second kappa shape index (κ2) is 6.33. The van der Waals surface area contributed by atoms with Crippen LogP contribution in [0.4, 0.5) is 4.39 Å². The first-order valence-electron chi connectivity index (χ1n) is 8.28. The maximum atomic E-state index is 13.6. The first-order chi connectivity index (χ1) is 12.1. The number of fused-ring (bicyclic) bond motifs is 1. The lowest BCUT2D eigenvalue weighted by Gasteiger charge is -2.25. The maximum Gasteiger partial charge on any atom is 0.232 e. The Bertz CT molecular complexity index is 883. The van der Waals surface area contributed by atoms with Crippen LogP contribution >= 0.6 is 0 Å². The molecule has 2 aromatic heterocycles. The van der Waals surface area contributed by atoms with E-state index in [4.69, 9.17) is 4.74 Å². The molecule has 7 heteroatoms. The summed E-state index contributed by atoms with van der Waals surface area (Å²) < 4.78 is 21.1. The summed E-state index contributed by atoms with van der Waals surface area (Å²) in [6, 6.07) is 7.36. The molecule has 25 heavy (non-hydrogen) atoms. The van der Waals surface area contributed by atoms with Crippen molar-refractivity contribution in [3.05, 3.63) is 42.3 Å². The molecule has 1 aliphatic rings. The molecule has 0 amide bonds. The van der Waals surface area contributed by atoms with Gasteiger partial charge in [0.05, 0.1) is 18.0 Å². The third-order valence-electron chi connectivity index (χ3n) is 4.45. The fourth-order valence-corrected chi connectivity index (χ4v) is 3.17. The molecule has 6 nitrogen and oxygen atoms in total. The molecule has 3 aromatic rings. The topological polar surface area (TPSA) is 79.9 Å². The van der Waals surface area contributed by atoms with Crippen LogP contribution in [0.5, 0.6) is 11.6 Å². The minimum absolute atomic E-state index is 0.0264. The summed E-state index contributed by atoms with van der Waals surface area (Å²) in [5.74, 6) is -0.231. The number of aliphatic hydroxyl groups excluding tert-OH is 1. The summed E-state index contributed by atoms with van der Waals surface area (Å²) in [6.45, 7) is 0. The number of hydrogen-bond acceptors (Lipinski definition) is 5. The molecule has 1 aliphatic carbocycles. The number of phenolic OH excluding ortho intramolecular Hbond substituents is 1. The number of aromatic nitrogens is 3. The Labute approximate surface area is 143 Å². The molecular formula is C18H18FN3O3. The number of nitrogens with zero attached hydrogens (tertiary/aromatic N) is 3. The van der Waals surface area contributed by atoms with Crippen LogP contribution in [-0.2, 0) is 0 Å². The molecule has 1 aromatic carbocycles. The lowest BCUT2D eigenvalue weighted by molar-refractivity contribution is 0.0637. The largest absolute Gasteiger partial charge is 0.508 e. The van der Waals surface area contributed by atoms with Gasteiger partial charge in [-0.2, -0.15) is 0 Å². The highest BCUT2D eigenvalue weighted by atomic mass is 19.1. The van der Waals surface area contributed by atoms with E-state index in [9.17, 15) is 14.6 Å². The van der Waals surface area contributed by atoms with Crippen molar-refractivity contribution in [3.8, 4) is 22.9 Å². The predicted octanol–water partition coefficient (Wildman–Crippen LogP) is 2.92. The molecule has 130 valence electrons. The van der Waals surface area contributed by atoms with Crippen molar-refractivity contribution < 1.29 is 19.3 Å². The molecule has 0 bridgehead atoms. The van der Waals surface area contributed by atoms with Gasteiger partial charge in [-0.1, -0.05) is 0 Å². The number of halogens is 1. The number of imidazole rings is 1. The molecule has 0 spiro atoms. The quantitative estimate of drug-likeness (QED) is 0.764. The van der Waals surface area contributed by atoms with Crippen molar-refractivity contribution in [2.75, 3.05) is 0 Å². The zero-order valence-electron chi connectivity index (χ0n) is 13.5. The lowest BCUT2D eigenvalue weighted by atomic mass is 9.95. The van der Waals surface area contributed by atoms with Gasteiger partial charge in [0.2, 0.25) is 5.88 Å². The Balaban J connectivity index is 1.65. The van der Waals surface area contributed by atoms with Crippen molar-refractivity contribution in [1.82, 2.24) is 14.6 Å². The zero-order chi connectivity index (χ0) is 17.4. The van der Waals surface area contributed by atoms with E-state index in [2.05, 4.69) is 10.1 Å². The Hall–Kier alpha value is -2.67. The van der Waals surface area contributed by atoms with Crippen LogP contribution < -0.4 is 4.74 Å². The number of hydrogen-bond donors (Lipinski definition) is 2. The molecule has 0 atom stereocenters. The third kappa shape index (κ3) is 3.28. The van der Waals surface area contributed by atoms with Crippen molar-refractivity contribution in [1.29, 1.82) is 0 Å². The minimum Gasteiger partial charge on any atom is -0.508 e. The molecule has 0 aliphatic heterocycles. The molecule has 1 saturated carbocycles. The van der Waals surface area contributed by atoms with Gasteiger partial charge in [-0.05, 0) is 43.9 Å². The second-order valence-electron chi connectivity index (χ2n) is 6.33. The number of aromatic hydroxyl groups is 1. The van der Waals surface area contributed by atoms with E-state index < -0.39 is 5.82 Å². The maximum absolute atomic E-state index is 13.6. The second-order valence-corrected chi connectivity index (χ2v) is 6.33. The highest BCUT2D eigenvalue weighted by Crippen LogP contribution is 2.27. The van der Waals surface area contributed by atoms with Crippen LogP contribution in [-0.4, -0.2) is 37.0 Å². The van der Waals surface area contributed by atoms with E-state index in [-0.39, 0.29) is 18.0 Å².